The summed E-state index contributed by atoms with van der Waals surface area (Å²) < 4.78 is 39.4. The summed E-state index contributed by atoms with van der Waals surface area (Å²) in [6.07, 6.45) is 0.555. The van der Waals surface area contributed by atoms with Gasteiger partial charge in [-0.2, -0.15) is 0 Å². The molecule has 0 saturated heterocycles. The van der Waals surface area contributed by atoms with Crippen LogP contribution in [0.15, 0.2) is 47.4 Å². The minimum Gasteiger partial charge on any atom is -0.312 e. The second-order valence-corrected chi connectivity index (χ2v) is 8.29. The fraction of sp³-hybridized carbons (Fsp3) is 0.278. The Morgan fingerprint density at radius 3 is 2.60 bits per heavy atom. The van der Waals surface area contributed by atoms with Crippen LogP contribution in [-0.2, 0) is 27.7 Å². The largest absolute Gasteiger partial charge is 0.312 e. The molecule has 0 radical (unpaired) electrons. The van der Waals surface area contributed by atoms with Gasteiger partial charge in [0.05, 0.1) is 11.3 Å². The predicted molar refractivity (Wildman–Crippen MR) is 93.5 cm³/mol. The van der Waals surface area contributed by atoms with E-state index in [1.54, 1.807) is 35.2 Å². The molecule has 0 fully saturated rings. The summed E-state index contributed by atoms with van der Waals surface area (Å²) in [6, 6.07) is 11.0. The number of amides is 1. The number of benzene rings is 2. The normalized spacial score (nSPS) is 14.0. The maximum absolute atomic E-state index is 13.8. The van der Waals surface area contributed by atoms with Crippen molar-refractivity contribution in [2.75, 3.05) is 25.5 Å². The molecule has 1 aliphatic heterocycles. The molecule has 0 bridgehead atoms. The minimum absolute atomic E-state index is 0.0239. The Balaban J connectivity index is 1.85. The van der Waals surface area contributed by atoms with Gasteiger partial charge < -0.3 is 4.90 Å². The molecule has 0 aromatic heterocycles. The Morgan fingerprint density at radius 2 is 1.92 bits per heavy atom. The number of halogens is 1. The Labute approximate surface area is 146 Å². The lowest BCUT2D eigenvalue weighted by Crippen LogP contribution is -2.30. The number of nitrogens with zero attached hydrogens (tertiary/aromatic N) is 2. The third kappa shape index (κ3) is 3.29. The van der Waals surface area contributed by atoms with Crippen LogP contribution in [0.2, 0.25) is 0 Å². The van der Waals surface area contributed by atoms with Gasteiger partial charge in [0, 0.05) is 26.3 Å². The highest BCUT2D eigenvalue weighted by Gasteiger charge is 2.27. The molecule has 132 valence electrons. The maximum Gasteiger partial charge on any atom is 0.242 e. The van der Waals surface area contributed by atoms with Crippen LogP contribution in [0.1, 0.15) is 11.1 Å². The summed E-state index contributed by atoms with van der Waals surface area (Å²) >= 11 is 0. The first-order valence-electron chi connectivity index (χ1n) is 7.90. The summed E-state index contributed by atoms with van der Waals surface area (Å²) in [7, 11) is -0.552. The van der Waals surface area contributed by atoms with Crippen molar-refractivity contribution < 1.29 is 17.6 Å². The summed E-state index contributed by atoms with van der Waals surface area (Å²) in [5.74, 6) is -0.602. The first-order chi connectivity index (χ1) is 11.8. The lowest BCUT2D eigenvalue weighted by Gasteiger charge is -2.18. The molecule has 5 nitrogen and oxygen atoms in total. The monoisotopic (exact) mass is 362 g/mol. The van der Waals surface area contributed by atoms with Gasteiger partial charge in [-0.1, -0.05) is 18.2 Å². The van der Waals surface area contributed by atoms with Crippen molar-refractivity contribution in [2.24, 2.45) is 0 Å². The highest BCUT2D eigenvalue weighted by Crippen LogP contribution is 2.31. The Morgan fingerprint density at radius 1 is 1.20 bits per heavy atom. The molecule has 1 amide bonds. The Kier molecular flexibility index (Phi) is 4.62. The molecule has 0 saturated carbocycles. The summed E-state index contributed by atoms with van der Waals surface area (Å²) in [5, 5.41) is 0. The molecule has 1 aliphatic rings. The zero-order valence-electron chi connectivity index (χ0n) is 14.1. The fourth-order valence-electron chi connectivity index (χ4n) is 2.91. The zero-order valence-corrected chi connectivity index (χ0v) is 14.9. The number of fused-ring (bicyclic) bond motifs is 1. The number of sulfonamides is 1. The van der Waals surface area contributed by atoms with E-state index in [9.17, 15) is 17.6 Å². The van der Waals surface area contributed by atoms with Crippen LogP contribution < -0.4 is 4.90 Å². The van der Waals surface area contributed by atoms with E-state index in [2.05, 4.69) is 0 Å². The van der Waals surface area contributed by atoms with Crippen LogP contribution in [0.3, 0.4) is 0 Å². The number of hydrogen-bond donors (Lipinski definition) is 0. The van der Waals surface area contributed by atoms with Crippen molar-refractivity contribution in [3.63, 3.8) is 0 Å². The van der Waals surface area contributed by atoms with E-state index in [1.807, 2.05) is 0 Å². The highest BCUT2D eigenvalue weighted by molar-refractivity contribution is 7.89. The van der Waals surface area contributed by atoms with Crippen molar-refractivity contribution in [2.45, 2.75) is 17.7 Å². The molecule has 2 aromatic rings. The van der Waals surface area contributed by atoms with E-state index in [0.717, 1.165) is 9.87 Å². The molecule has 0 aliphatic carbocycles. The first kappa shape index (κ1) is 17.6. The van der Waals surface area contributed by atoms with Crippen molar-refractivity contribution in [1.82, 2.24) is 4.31 Å². The molecule has 1 heterocycles. The quantitative estimate of drug-likeness (QED) is 0.838. The molecular formula is C18H19FN2O3S. The van der Waals surface area contributed by atoms with E-state index < -0.39 is 15.8 Å². The third-order valence-electron chi connectivity index (χ3n) is 4.33. The van der Waals surface area contributed by atoms with Gasteiger partial charge in [-0.05, 0) is 41.8 Å². The average Bonchev–Trinajstić information content (AvgIpc) is 3.00. The molecule has 3 rings (SSSR count). The fourth-order valence-corrected chi connectivity index (χ4v) is 3.86. The first-order valence-corrected chi connectivity index (χ1v) is 9.34. The summed E-state index contributed by atoms with van der Waals surface area (Å²) in [4.78, 5) is 14.4. The minimum atomic E-state index is -3.51. The van der Waals surface area contributed by atoms with E-state index in [1.165, 1.54) is 26.2 Å². The van der Waals surface area contributed by atoms with Crippen LogP contribution in [0.4, 0.5) is 10.1 Å². The zero-order chi connectivity index (χ0) is 18.2. The molecule has 0 atom stereocenters. The number of hydrogen-bond acceptors (Lipinski definition) is 3. The number of anilines is 1. The van der Waals surface area contributed by atoms with Gasteiger partial charge in [0.25, 0.3) is 0 Å². The topological polar surface area (TPSA) is 57.7 Å². The van der Waals surface area contributed by atoms with E-state index >= 15 is 0 Å². The molecular weight excluding hydrogens is 343 g/mol. The predicted octanol–water partition coefficient (Wildman–Crippen LogP) is 2.21. The lowest BCUT2D eigenvalue weighted by molar-refractivity contribution is -0.117. The third-order valence-corrected chi connectivity index (χ3v) is 6.14. The molecule has 25 heavy (non-hydrogen) atoms. The standard InChI is InChI=1S/C18H19FN2O3S/c1-20(2)25(23,24)15-7-8-17-14(11-15)9-10-21(17)18(22)12-13-5-3-4-6-16(13)19/h3-8,11H,9-10,12H2,1-2H3. The highest BCUT2D eigenvalue weighted by atomic mass is 32.2. The summed E-state index contributed by atoms with van der Waals surface area (Å²) in [6.45, 7) is 0.466. The molecule has 0 spiro atoms. The molecule has 2 aromatic carbocycles. The van der Waals surface area contributed by atoms with Crippen LogP contribution in [-0.4, -0.2) is 39.3 Å². The lowest BCUT2D eigenvalue weighted by atomic mass is 10.1. The number of carbonyl (C=O) groups is 1. The summed E-state index contributed by atoms with van der Waals surface area (Å²) in [5.41, 5.74) is 1.86. The number of rotatable bonds is 4. The van der Waals surface area contributed by atoms with Crippen molar-refractivity contribution in [1.29, 1.82) is 0 Å². The van der Waals surface area contributed by atoms with E-state index in [4.69, 9.17) is 0 Å². The van der Waals surface area contributed by atoms with Gasteiger partial charge >= 0.3 is 0 Å². The molecule has 0 unspecified atom stereocenters. The second-order valence-electron chi connectivity index (χ2n) is 6.14. The van der Waals surface area contributed by atoms with Gasteiger partial charge in [-0.3, -0.25) is 4.79 Å². The van der Waals surface area contributed by atoms with Crippen molar-refractivity contribution in [3.8, 4) is 0 Å². The van der Waals surface area contributed by atoms with Gasteiger partial charge in [-0.25, -0.2) is 17.1 Å². The molecule has 0 N–H and O–H groups in total. The van der Waals surface area contributed by atoms with Crippen molar-refractivity contribution in [3.05, 3.63) is 59.4 Å². The van der Waals surface area contributed by atoms with Gasteiger partial charge in [-0.15, -0.1) is 0 Å². The maximum atomic E-state index is 13.8. The van der Waals surface area contributed by atoms with Crippen LogP contribution in [0.5, 0.6) is 0 Å². The van der Waals surface area contributed by atoms with Crippen LogP contribution in [0.25, 0.3) is 0 Å². The average molecular weight is 362 g/mol. The van der Waals surface area contributed by atoms with Crippen molar-refractivity contribution >= 4 is 21.6 Å². The van der Waals surface area contributed by atoms with E-state index in [0.29, 0.717) is 24.2 Å². The van der Waals surface area contributed by atoms with Crippen LogP contribution >= 0.6 is 0 Å². The Hall–Kier alpha value is -2.25. The van der Waals surface area contributed by atoms with Crippen LogP contribution in [0, 0.1) is 5.82 Å². The second kappa shape index (κ2) is 6.57. The SMILES string of the molecule is CN(C)S(=O)(=O)c1ccc2c(c1)CCN2C(=O)Cc1ccccc1F. The van der Waals surface area contributed by atoms with Gasteiger partial charge in [0.2, 0.25) is 15.9 Å². The van der Waals surface area contributed by atoms with E-state index in [-0.39, 0.29) is 17.2 Å². The Bertz CT molecular complexity index is 926. The smallest absolute Gasteiger partial charge is 0.242 e. The van der Waals surface area contributed by atoms with Gasteiger partial charge in [0.15, 0.2) is 0 Å². The van der Waals surface area contributed by atoms with Gasteiger partial charge in [0.1, 0.15) is 5.82 Å². The number of carbonyl (C=O) groups excluding carboxylic acids is 1. The molecule has 7 heteroatoms.